The first kappa shape index (κ1) is 13.0. The third kappa shape index (κ3) is 2.63. The summed E-state index contributed by atoms with van der Waals surface area (Å²) in [4.78, 5) is 0. The van der Waals surface area contributed by atoms with Crippen molar-refractivity contribution in [1.82, 2.24) is 15.5 Å². The molecule has 0 amide bonds. The molecule has 2 N–H and O–H groups in total. The predicted molar refractivity (Wildman–Crippen MR) is 75.9 cm³/mol. The molecule has 0 fully saturated rings. The van der Waals surface area contributed by atoms with Crippen molar-refractivity contribution in [3.05, 3.63) is 41.2 Å². The van der Waals surface area contributed by atoms with Crippen LogP contribution in [0.5, 0.6) is 11.5 Å². The van der Waals surface area contributed by atoms with Crippen molar-refractivity contribution in [2.45, 2.75) is 32.5 Å². The van der Waals surface area contributed by atoms with Gasteiger partial charge in [0.05, 0.1) is 13.3 Å². The van der Waals surface area contributed by atoms with E-state index in [1.54, 1.807) is 7.11 Å². The van der Waals surface area contributed by atoms with Crippen LogP contribution in [0.25, 0.3) is 0 Å². The van der Waals surface area contributed by atoms with Gasteiger partial charge >= 0.3 is 0 Å². The van der Waals surface area contributed by atoms with E-state index in [2.05, 4.69) is 34.6 Å². The standard InChI is InChI=1S/C15H19N3O2/c1-10-3-12-4-14(19-2)13(5-15(12)20-10)9-16-6-11-7-17-18-8-11/h4-5,7-8,10,16H,3,6,9H2,1-2H3,(H,17,18). The number of methoxy groups -OCH3 is 1. The molecular weight excluding hydrogens is 254 g/mol. The van der Waals surface area contributed by atoms with Crippen molar-refractivity contribution < 1.29 is 9.47 Å². The second-order valence-electron chi connectivity index (χ2n) is 5.11. The van der Waals surface area contributed by atoms with Gasteiger partial charge in [-0.1, -0.05) is 0 Å². The Labute approximate surface area is 118 Å². The molecule has 0 spiro atoms. The molecule has 2 heterocycles. The highest BCUT2D eigenvalue weighted by Crippen LogP contribution is 2.34. The predicted octanol–water partition coefficient (Wildman–Crippen LogP) is 2.03. The van der Waals surface area contributed by atoms with E-state index in [0.29, 0.717) is 0 Å². The smallest absolute Gasteiger partial charge is 0.123 e. The third-order valence-electron chi connectivity index (χ3n) is 3.50. The van der Waals surface area contributed by atoms with Crippen LogP contribution < -0.4 is 14.8 Å². The first-order chi connectivity index (χ1) is 9.76. The van der Waals surface area contributed by atoms with Crippen molar-refractivity contribution in [2.24, 2.45) is 0 Å². The molecule has 5 heteroatoms. The third-order valence-corrected chi connectivity index (χ3v) is 3.50. The van der Waals surface area contributed by atoms with Crippen molar-refractivity contribution in [3.8, 4) is 11.5 Å². The van der Waals surface area contributed by atoms with E-state index in [1.807, 2.05) is 12.4 Å². The molecule has 0 radical (unpaired) electrons. The molecule has 106 valence electrons. The maximum atomic E-state index is 5.80. The maximum Gasteiger partial charge on any atom is 0.123 e. The fourth-order valence-corrected chi connectivity index (χ4v) is 2.53. The monoisotopic (exact) mass is 273 g/mol. The largest absolute Gasteiger partial charge is 0.496 e. The molecule has 0 aliphatic carbocycles. The van der Waals surface area contributed by atoms with Crippen LogP contribution in [0.4, 0.5) is 0 Å². The molecule has 0 saturated carbocycles. The van der Waals surface area contributed by atoms with Crippen molar-refractivity contribution in [1.29, 1.82) is 0 Å². The normalized spacial score (nSPS) is 16.8. The van der Waals surface area contributed by atoms with E-state index in [4.69, 9.17) is 9.47 Å². The Morgan fingerprint density at radius 1 is 1.45 bits per heavy atom. The second-order valence-corrected chi connectivity index (χ2v) is 5.11. The van der Waals surface area contributed by atoms with Gasteiger partial charge in [-0.2, -0.15) is 5.10 Å². The number of fused-ring (bicyclic) bond motifs is 1. The number of hydrogen-bond acceptors (Lipinski definition) is 4. The van der Waals surface area contributed by atoms with Gasteiger partial charge in [0.15, 0.2) is 0 Å². The number of rotatable bonds is 5. The number of benzene rings is 1. The average Bonchev–Trinajstić information content (AvgIpc) is 3.05. The first-order valence-corrected chi connectivity index (χ1v) is 6.81. The van der Waals surface area contributed by atoms with Gasteiger partial charge < -0.3 is 14.8 Å². The second kappa shape index (κ2) is 5.54. The summed E-state index contributed by atoms with van der Waals surface area (Å²) in [5.74, 6) is 1.90. The van der Waals surface area contributed by atoms with Gasteiger partial charge in [-0.25, -0.2) is 0 Å². The molecule has 1 atom stereocenters. The molecule has 0 saturated heterocycles. The van der Waals surface area contributed by atoms with Crippen LogP contribution in [0, 0.1) is 0 Å². The van der Waals surface area contributed by atoms with Crippen LogP contribution in [-0.2, 0) is 19.5 Å². The van der Waals surface area contributed by atoms with E-state index in [-0.39, 0.29) is 6.10 Å². The lowest BCUT2D eigenvalue weighted by Gasteiger charge is -2.11. The van der Waals surface area contributed by atoms with Gasteiger partial charge in [-0.05, 0) is 19.1 Å². The zero-order valence-corrected chi connectivity index (χ0v) is 11.8. The van der Waals surface area contributed by atoms with E-state index in [1.165, 1.54) is 5.56 Å². The number of ether oxygens (including phenoxy) is 2. The summed E-state index contributed by atoms with van der Waals surface area (Å²) in [7, 11) is 1.71. The SMILES string of the molecule is COc1cc2c(cc1CNCc1cn[nH]c1)OC(C)C2. The van der Waals surface area contributed by atoms with Crippen LogP contribution in [0.3, 0.4) is 0 Å². The highest BCUT2D eigenvalue weighted by molar-refractivity contribution is 5.48. The molecule has 5 nitrogen and oxygen atoms in total. The summed E-state index contributed by atoms with van der Waals surface area (Å²) in [5.41, 5.74) is 3.48. The molecule has 1 aromatic heterocycles. The van der Waals surface area contributed by atoms with E-state index in [0.717, 1.165) is 42.1 Å². The summed E-state index contributed by atoms with van der Waals surface area (Å²) in [5, 5.41) is 10.1. The minimum Gasteiger partial charge on any atom is -0.496 e. The molecule has 1 aliphatic heterocycles. The topological polar surface area (TPSA) is 59.2 Å². The lowest BCUT2D eigenvalue weighted by Crippen LogP contribution is -2.13. The van der Waals surface area contributed by atoms with E-state index < -0.39 is 0 Å². The van der Waals surface area contributed by atoms with Gasteiger partial charge in [-0.3, -0.25) is 5.10 Å². The summed E-state index contributed by atoms with van der Waals surface area (Å²) < 4.78 is 11.3. The van der Waals surface area contributed by atoms with Gasteiger partial charge in [0, 0.05) is 42.4 Å². The molecule has 1 unspecified atom stereocenters. The fraction of sp³-hybridized carbons (Fsp3) is 0.400. The molecule has 20 heavy (non-hydrogen) atoms. The zero-order chi connectivity index (χ0) is 13.9. The minimum atomic E-state index is 0.254. The lowest BCUT2D eigenvalue weighted by atomic mass is 10.1. The Balaban J connectivity index is 1.70. The molecule has 3 rings (SSSR count). The number of aromatic nitrogens is 2. The maximum absolute atomic E-state index is 5.80. The first-order valence-electron chi connectivity index (χ1n) is 6.81. The average molecular weight is 273 g/mol. The quantitative estimate of drug-likeness (QED) is 0.875. The molecule has 1 aromatic carbocycles. The molecular formula is C15H19N3O2. The number of nitrogens with one attached hydrogen (secondary N) is 2. The highest BCUT2D eigenvalue weighted by atomic mass is 16.5. The summed E-state index contributed by atoms with van der Waals surface area (Å²) in [6.45, 7) is 3.59. The minimum absolute atomic E-state index is 0.254. The Morgan fingerprint density at radius 2 is 2.35 bits per heavy atom. The van der Waals surface area contributed by atoms with Crippen molar-refractivity contribution in [3.63, 3.8) is 0 Å². The van der Waals surface area contributed by atoms with Gasteiger partial charge in [0.1, 0.15) is 17.6 Å². The fourth-order valence-electron chi connectivity index (χ4n) is 2.53. The molecule has 0 bridgehead atoms. The van der Waals surface area contributed by atoms with Crippen LogP contribution in [-0.4, -0.2) is 23.4 Å². The van der Waals surface area contributed by atoms with Crippen LogP contribution in [0.15, 0.2) is 24.5 Å². The van der Waals surface area contributed by atoms with Gasteiger partial charge in [0.25, 0.3) is 0 Å². The van der Waals surface area contributed by atoms with E-state index in [9.17, 15) is 0 Å². The number of H-pyrrole nitrogens is 1. The summed E-state index contributed by atoms with van der Waals surface area (Å²) in [6.07, 6.45) is 4.91. The van der Waals surface area contributed by atoms with E-state index >= 15 is 0 Å². The number of hydrogen-bond donors (Lipinski definition) is 2. The lowest BCUT2D eigenvalue weighted by molar-refractivity contribution is 0.254. The van der Waals surface area contributed by atoms with Gasteiger partial charge in [0.2, 0.25) is 0 Å². The summed E-state index contributed by atoms with van der Waals surface area (Å²) in [6, 6.07) is 4.17. The Bertz CT molecular complexity index is 581. The van der Waals surface area contributed by atoms with Crippen LogP contribution in [0.1, 0.15) is 23.6 Å². The molecule has 2 aromatic rings. The van der Waals surface area contributed by atoms with Crippen molar-refractivity contribution in [2.75, 3.05) is 7.11 Å². The van der Waals surface area contributed by atoms with Gasteiger partial charge in [-0.15, -0.1) is 0 Å². The van der Waals surface area contributed by atoms with Crippen LogP contribution >= 0.6 is 0 Å². The number of nitrogens with zero attached hydrogens (tertiary/aromatic N) is 1. The Hall–Kier alpha value is -2.01. The van der Waals surface area contributed by atoms with Crippen LogP contribution in [0.2, 0.25) is 0 Å². The Kier molecular flexibility index (Phi) is 3.60. The number of aromatic amines is 1. The highest BCUT2D eigenvalue weighted by Gasteiger charge is 2.21. The Morgan fingerprint density at radius 3 is 3.10 bits per heavy atom. The van der Waals surface area contributed by atoms with Crippen molar-refractivity contribution >= 4 is 0 Å². The molecule has 1 aliphatic rings. The zero-order valence-electron chi connectivity index (χ0n) is 11.8. The summed E-state index contributed by atoms with van der Waals surface area (Å²) >= 11 is 0.